The Hall–Kier alpha value is -1.75. The molecule has 0 bridgehead atoms. The Kier molecular flexibility index (Phi) is 5.06. The molecule has 5 heteroatoms. The summed E-state index contributed by atoms with van der Waals surface area (Å²) in [5.74, 6) is 1.57. The van der Waals surface area contributed by atoms with Crippen LogP contribution in [0.5, 0.6) is 11.5 Å². The summed E-state index contributed by atoms with van der Waals surface area (Å²) in [5.41, 5.74) is 2.29. The number of rotatable bonds is 6. The summed E-state index contributed by atoms with van der Waals surface area (Å²) < 4.78 is 10.8. The minimum absolute atomic E-state index is 0.279. The van der Waals surface area contributed by atoms with Crippen LogP contribution in [0.2, 0.25) is 5.02 Å². The third-order valence-corrected chi connectivity index (χ3v) is 3.94. The number of aliphatic hydroxyl groups is 1. The van der Waals surface area contributed by atoms with Crippen LogP contribution in [-0.4, -0.2) is 29.4 Å². The van der Waals surface area contributed by atoms with E-state index in [2.05, 4.69) is 4.90 Å². The molecule has 1 atom stereocenters. The van der Waals surface area contributed by atoms with E-state index < -0.39 is 6.10 Å². The number of aliphatic hydroxyl groups excluding tert-OH is 1. The molecule has 0 saturated carbocycles. The molecule has 1 N–H and O–H groups in total. The van der Waals surface area contributed by atoms with Crippen molar-refractivity contribution < 1.29 is 14.6 Å². The summed E-state index contributed by atoms with van der Waals surface area (Å²) >= 11 is 5.94. The summed E-state index contributed by atoms with van der Waals surface area (Å²) in [4.78, 5) is 2.20. The van der Waals surface area contributed by atoms with E-state index in [1.165, 1.54) is 0 Å². The van der Waals surface area contributed by atoms with Gasteiger partial charge in [-0.1, -0.05) is 29.8 Å². The van der Waals surface area contributed by atoms with Crippen molar-refractivity contribution in [2.75, 3.05) is 13.3 Å². The van der Waals surface area contributed by atoms with Crippen molar-refractivity contribution in [1.29, 1.82) is 0 Å². The van der Waals surface area contributed by atoms with Crippen LogP contribution in [0.1, 0.15) is 18.1 Å². The minimum atomic E-state index is -0.392. The van der Waals surface area contributed by atoms with Crippen LogP contribution in [0.25, 0.3) is 0 Å². The molecule has 3 rings (SSSR count). The molecule has 2 aromatic rings. The van der Waals surface area contributed by atoms with Gasteiger partial charge in [0.25, 0.3) is 0 Å². The number of hydrogen-bond acceptors (Lipinski definition) is 4. The highest BCUT2D eigenvalue weighted by Gasteiger charge is 2.15. The van der Waals surface area contributed by atoms with Gasteiger partial charge < -0.3 is 14.6 Å². The normalized spacial score (nSPS) is 14.3. The smallest absolute Gasteiger partial charge is 0.231 e. The van der Waals surface area contributed by atoms with Crippen molar-refractivity contribution >= 4 is 11.6 Å². The lowest BCUT2D eigenvalue weighted by atomic mass is 10.1. The second-order valence-corrected chi connectivity index (χ2v) is 6.27. The SMILES string of the molecule is CC(O)CN(Cc1ccc(Cl)cc1)Cc1ccc2c(c1)OCO2. The largest absolute Gasteiger partial charge is 0.454 e. The molecule has 4 nitrogen and oxygen atoms in total. The van der Waals surface area contributed by atoms with Gasteiger partial charge in [-0.3, -0.25) is 4.90 Å². The number of ether oxygens (including phenoxy) is 2. The maximum atomic E-state index is 9.77. The van der Waals surface area contributed by atoms with E-state index in [4.69, 9.17) is 21.1 Å². The predicted octanol–water partition coefficient (Wildman–Crippen LogP) is 3.45. The van der Waals surface area contributed by atoms with Crippen LogP contribution in [0, 0.1) is 0 Å². The van der Waals surface area contributed by atoms with Gasteiger partial charge in [-0.15, -0.1) is 0 Å². The third kappa shape index (κ3) is 4.38. The maximum Gasteiger partial charge on any atom is 0.231 e. The van der Waals surface area contributed by atoms with Crippen molar-refractivity contribution in [3.8, 4) is 11.5 Å². The number of benzene rings is 2. The molecule has 0 aromatic heterocycles. The molecular weight excluding hydrogens is 314 g/mol. The highest BCUT2D eigenvalue weighted by molar-refractivity contribution is 6.30. The van der Waals surface area contributed by atoms with Crippen molar-refractivity contribution in [3.63, 3.8) is 0 Å². The fraction of sp³-hybridized carbons (Fsp3) is 0.333. The molecular formula is C18H20ClNO3. The molecule has 0 radical (unpaired) electrons. The number of fused-ring (bicyclic) bond motifs is 1. The molecule has 23 heavy (non-hydrogen) atoms. The van der Waals surface area contributed by atoms with E-state index in [0.29, 0.717) is 6.54 Å². The Morgan fingerprint density at radius 3 is 2.43 bits per heavy atom. The molecule has 0 saturated heterocycles. The van der Waals surface area contributed by atoms with Crippen molar-refractivity contribution in [1.82, 2.24) is 4.90 Å². The van der Waals surface area contributed by atoms with E-state index in [0.717, 1.165) is 40.7 Å². The van der Waals surface area contributed by atoms with Crippen LogP contribution in [0.15, 0.2) is 42.5 Å². The van der Waals surface area contributed by atoms with Crippen molar-refractivity contribution in [3.05, 3.63) is 58.6 Å². The van der Waals surface area contributed by atoms with Gasteiger partial charge in [0, 0.05) is 24.7 Å². The molecule has 2 aromatic carbocycles. The summed E-state index contributed by atoms with van der Waals surface area (Å²) in [6.07, 6.45) is -0.392. The summed E-state index contributed by atoms with van der Waals surface area (Å²) in [7, 11) is 0. The molecule has 0 fully saturated rings. The monoisotopic (exact) mass is 333 g/mol. The van der Waals surface area contributed by atoms with Gasteiger partial charge in [-0.05, 0) is 42.3 Å². The van der Waals surface area contributed by atoms with Crippen LogP contribution in [0.4, 0.5) is 0 Å². The Morgan fingerprint density at radius 2 is 1.70 bits per heavy atom. The first kappa shape index (κ1) is 16.1. The first-order valence-electron chi connectivity index (χ1n) is 7.63. The molecule has 1 heterocycles. The molecule has 1 aliphatic heterocycles. The second kappa shape index (κ2) is 7.21. The first-order chi connectivity index (χ1) is 11.1. The van der Waals surface area contributed by atoms with E-state index in [-0.39, 0.29) is 6.79 Å². The van der Waals surface area contributed by atoms with Crippen LogP contribution in [0.3, 0.4) is 0 Å². The zero-order valence-electron chi connectivity index (χ0n) is 13.0. The van der Waals surface area contributed by atoms with E-state index in [9.17, 15) is 5.11 Å². The molecule has 0 spiro atoms. The predicted molar refractivity (Wildman–Crippen MR) is 89.8 cm³/mol. The van der Waals surface area contributed by atoms with E-state index in [1.807, 2.05) is 42.5 Å². The van der Waals surface area contributed by atoms with Crippen LogP contribution >= 0.6 is 11.6 Å². The lowest BCUT2D eigenvalue weighted by Gasteiger charge is -2.24. The number of hydrogen-bond donors (Lipinski definition) is 1. The number of nitrogens with zero attached hydrogens (tertiary/aromatic N) is 1. The summed E-state index contributed by atoms with van der Waals surface area (Å²) in [6.45, 7) is 4.15. The van der Waals surface area contributed by atoms with Gasteiger partial charge >= 0.3 is 0 Å². The van der Waals surface area contributed by atoms with E-state index in [1.54, 1.807) is 6.92 Å². The minimum Gasteiger partial charge on any atom is -0.454 e. The van der Waals surface area contributed by atoms with E-state index >= 15 is 0 Å². The Balaban J connectivity index is 1.72. The van der Waals surface area contributed by atoms with Gasteiger partial charge in [-0.25, -0.2) is 0 Å². The van der Waals surface area contributed by atoms with Gasteiger partial charge in [0.2, 0.25) is 6.79 Å². The topological polar surface area (TPSA) is 41.9 Å². The zero-order valence-corrected chi connectivity index (χ0v) is 13.8. The van der Waals surface area contributed by atoms with Crippen molar-refractivity contribution in [2.45, 2.75) is 26.1 Å². The molecule has 1 aliphatic rings. The van der Waals surface area contributed by atoms with Gasteiger partial charge in [0.1, 0.15) is 0 Å². The van der Waals surface area contributed by atoms with Gasteiger partial charge in [0.15, 0.2) is 11.5 Å². The van der Waals surface area contributed by atoms with Crippen molar-refractivity contribution in [2.24, 2.45) is 0 Å². The maximum absolute atomic E-state index is 9.77. The number of halogens is 1. The fourth-order valence-corrected chi connectivity index (χ4v) is 2.83. The van der Waals surface area contributed by atoms with Gasteiger partial charge in [-0.2, -0.15) is 0 Å². The first-order valence-corrected chi connectivity index (χ1v) is 8.01. The third-order valence-electron chi connectivity index (χ3n) is 3.69. The zero-order chi connectivity index (χ0) is 16.2. The van der Waals surface area contributed by atoms with Gasteiger partial charge in [0.05, 0.1) is 6.10 Å². The lowest BCUT2D eigenvalue weighted by molar-refractivity contribution is 0.118. The Morgan fingerprint density at radius 1 is 1.04 bits per heavy atom. The molecule has 0 aliphatic carbocycles. The summed E-state index contributed by atoms with van der Waals surface area (Å²) in [5, 5.41) is 10.5. The van der Waals surface area contributed by atoms with Crippen LogP contribution < -0.4 is 9.47 Å². The Labute approximate surface area is 141 Å². The highest BCUT2D eigenvalue weighted by Crippen LogP contribution is 2.32. The standard InChI is InChI=1S/C18H20ClNO3/c1-13(21)9-20(10-14-2-5-16(19)6-3-14)11-15-4-7-17-18(8-15)23-12-22-17/h2-8,13,21H,9-12H2,1H3. The van der Waals surface area contributed by atoms with Crippen LogP contribution in [-0.2, 0) is 13.1 Å². The quantitative estimate of drug-likeness (QED) is 0.879. The summed E-state index contributed by atoms with van der Waals surface area (Å²) in [6, 6.07) is 13.8. The molecule has 1 unspecified atom stereocenters. The highest BCUT2D eigenvalue weighted by atomic mass is 35.5. The fourth-order valence-electron chi connectivity index (χ4n) is 2.70. The Bertz CT molecular complexity index is 658. The average molecular weight is 334 g/mol. The molecule has 0 amide bonds. The second-order valence-electron chi connectivity index (χ2n) is 5.83. The molecule has 122 valence electrons. The lowest BCUT2D eigenvalue weighted by Crippen LogP contribution is -2.30. The average Bonchev–Trinajstić information content (AvgIpc) is 2.96.